The van der Waals surface area contributed by atoms with E-state index in [1.165, 1.54) is 0 Å². The first kappa shape index (κ1) is 15.9. The first-order valence-corrected chi connectivity index (χ1v) is 8.35. The molecular weight excluding hydrogens is 295 g/mol. The van der Waals surface area contributed by atoms with Gasteiger partial charge in [0.25, 0.3) is 0 Å². The molecule has 2 aromatic heterocycles. The number of nitrogens with zero attached hydrogens (tertiary/aromatic N) is 3. The fraction of sp³-hybridized carbons (Fsp3) is 0.500. The molecule has 0 fully saturated rings. The summed E-state index contributed by atoms with van der Waals surface area (Å²) in [7, 11) is -4.12. The van der Waals surface area contributed by atoms with Crippen LogP contribution in [0.2, 0.25) is 0 Å². The maximum absolute atomic E-state index is 10.7. The molecule has 0 radical (unpaired) electrons. The second kappa shape index (κ2) is 6.53. The third-order valence-electron chi connectivity index (χ3n) is 2.68. The zero-order valence-electron chi connectivity index (χ0n) is 11.9. The molecule has 0 saturated heterocycles. The van der Waals surface area contributed by atoms with Crippen molar-refractivity contribution in [2.24, 2.45) is 0 Å². The average Bonchev–Trinajstić information content (AvgIpc) is 2.77. The van der Waals surface area contributed by atoms with Gasteiger partial charge in [0.2, 0.25) is 0 Å². The third-order valence-corrected chi connectivity index (χ3v) is 3.20. The zero-order valence-corrected chi connectivity index (χ0v) is 12.8. The molecule has 0 saturated carbocycles. The van der Waals surface area contributed by atoms with Gasteiger partial charge in [0.05, 0.1) is 18.6 Å². The molecular formula is C12H19N4O4P. The Hall–Kier alpha value is -1.47. The van der Waals surface area contributed by atoms with Gasteiger partial charge in [-0.15, -0.1) is 0 Å². The molecule has 2 heterocycles. The van der Waals surface area contributed by atoms with E-state index in [2.05, 4.69) is 15.3 Å². The van der Waals surface area contributed by atoms with Crippen LogP contribution in [0.1, 0.15) is 13.8 Å². The maximum Gasteiger partial charge on any atom is 0.350 e. The Labute approximate surface area is 122 Å². The SMILES string of the molecule is CC(C)Nc1ccnc2c1ncn2CCOCP(=O)(O)O. The van der Waals surface area contributed by atoms with E-state index >= 15 is 0 Å². The van der Waals surface area contributed by atoms with Crippen molar-refractivity contribution in [1.82, 2.24) is 14.5 Å². The highest BCUT2D eigenvalue weighted by Crippen LogP contribution is 2.33. The Morgan fingerprint density at radius 1 is 1.43 bits per heavy atom. The molecule has 0 amide bonds. The van der Waals surface area contributed by atoms with Gasteiger partial charge in [-0.25, -0.2) is 9.97 Å². The van der Waals surface area contributed by atoms with Gasteiger partial charge < -0.3 is 24.4 Å². The fourth-order valence-corrected chi connectivity index (χ4v) is 2.27. The number of pyridine rings is 1. The van der Waals surface area contributed by atoms with Gasteiger partial charge in [0, 0.05) is 18.8 Å². The number of rotatable bonds is 7. The number of aromatic nitrogens is 3. The molecule has 0 aliphatic rings. The standard InChI is InChI=1S/C12H19N4O4P/c1-9(2)15-10-3-4-13-12-11(10)14-7-16(12)5-6-20-8-21(17,18)19/h3-4,7,9H,5-6,8H2,1-2H3,(H,13,15)(H2,17,18,19). The zero-order chi connectivity index (χ0) is 15.5. The summed E-state index contributed by atoms with van der Waals surface area (Å²) in [6.07, 6.45) is 2.76. The van der Waals surface area contributed by atoms with Crippen molar-refractivity contribution in [2.45, 2.75) is 26.4 Å². The van der Waals surface area contributed by atoms with E-state index in [0.717, 1.165) is 11.2 Å². The van der Waals surface area contributed by atoms with E-state index in [1.54, 1.807) is 17.1 Å². The maximum atomic E-state index is 10.7. The van der Waals surface area contributed by atoms with E-state index in [1.807, 2.05) is 19.9 Å². The first-order valence-electron chi connectivity index (χ1n) is 6.55. The topological polar surface area (TPSA) is 110 Å². The van der Waals surface area contributed by atoms with Gasteiger partial charge in [0.1, 0.15) is 11.9 Å². The van der Waals surface area contributed by atoms with E-state index in [4.69, 9.17) is 14.5 Å². The van der Waals surface area contributed by atoms with Crippen LogP contribution in [0.4, 0.5) is 5.69 Å². The van der Waals surface area contributed by atoms with Crippen LogP contribution in [-0.2, 0) is 15.8 Å². The third kappa shape index (κ3) is 4.50. The molecule has 0 unspecified atom stereocenters. The lowest BCUT2D eigenvalue weighted by Crippen LogP contribution is -2.10. The number of imidazole rings is 1. The summed E-state index contributed by atoms with van der Waals surface area (Å²) in [5.74, 6) is 0. The molecule has 3 N–H and O–H groups in total. The van der Waals surface area contributed by atoms with Crippen molar-refractivity contribution < 1.29 is 19.1 Å². The van der Waals surface area contributed by atoms with Crippen molar-refractivity contribution in [3.63, 3.8) is 0 Å². The minimum atomic E-state index is -4.12. The molecule has 2 rings (SSSR count). The number of ether oxygens (including phenoxy) is 1. The van der Waals surface area contributed by atoms with Crippen LogP contribution in [0.5, 0.6) is 0 Å². The Morgan fingerprint density at radius 2 is 2.19 bits per heavy atom. The van der Waals surface area contributed by atoms with Crippen LogP contribution < -0.4 is 5.32 Å². The van der Waals surface area contributed by atoms with E-state index in [9.17, 15) is 4.57 Å². The second-order valence-electron chi connectivity index (χ2n) is 4.97. The summed E-state index contributed by atoms with van der Waals surface area (Å²) in [6.45, 7) is 4.69. The van der Waals surface area contributed by atoms with Crippen LogP contribution in [0.25, 0.3) is 11.2 Å². The highest BCUT2D eigenvalue weighted by molar-refractivity contribution is 7.51. The van der Waals surface area contributed by atoms with Crippen LogP contribution in [0.15, 0.2) is 18.6 Å². The minimum Gasteiger partial charge on any atom is -0.381 e. The number of nitrogens with one attached hydrogen (secondary N) is 1. The Bertz CT molecular complexity index is 652. The van der Waals surface area contributed by atoms with E-state index in [-0.39, 0.29) is 12.6 Å². The predicted molar refractivity (Wildman–Crippen MR) is 79.1 cm³/mol. The number of fused-ring (bicyclic) bond motifs is 1. The van der Waals surface area contributed by atoms with Crippen molar-refractivity contribution in [1.29, 1.82) is 0 Å². The Balaban J connectivity index is 2.06. The van der Waals surface area contributed by atoms with E-state index < -0.39 is 13.9 Å². The predicted octanol–water partition coefficient (Wildman–Crippen LogP) is 1.40. The number of hydrogen-bond acceptors (Lipinski definition) is 5. The summed E-state index contributed by atoms with van der Waals surface area (Å²) < 4.78 is 17.4. The molecule has 0 bridgehead atoms. The van der Waals surface area contributed by atoms with Crippen LogP contribution >= 0.6 is 7.60 Å². The van der Waals surface area contributed by atoms with Gasteiger partial charge in [0.15, 0.2) is 5.65 Å². The minimum absolute atomic E-state index is 0.181. The first-order chi connectivity index (χ1) is 9.87. The molecule has 0 aliphatic carbocycles. The van der Waals surface area contributed by atoms with Crippen molar-refractivity contribution in [3.8, 4) is 0 Å². The molecule has 116 valence electrons. The van der Waals surface area contributed by atoms with Gasteiger partial charge in [-0.3, -0.25) is 4.57 Å². The highest BCUT2D eigenvalue weighted by Gasteiger charge is 2.13. The summed E-state index contributed by atoms with van der Waals surface area (Å²) in [6, 6.07) is 2.15. The molecule has 0 atom stereocenters. The van der Waals surface area contributed by atoms with Gasteiger partial charge in [-0.2, -0.15) is 0 Å². The number of hydrogen-bond donors (Lipinski definition) is 3. The fourth-order valence-electron chi connectivity index (χ4n) is 1.90. The Kier molecular flexibility index (Phi) is 4.95. The summed E-state index contributed by atoms with van der Waals surface area (Å²) in [4.78, 5) is 26.0. The monoisotopic (exact) mass is 314 g/mol. The molecule has 21 heavy (non-hydrogen) atoms. The molecule has 0 aliphatic heterocycles. The second-order valence-corrected chi connectivity index (χ2v) is 6.56. The summed E-state index contributed by atoms with van der Waals surface area (Å²) in [5, 5.41) is 3.30. The molecule has 9 heteroatoms. The van der Waals surface area contributed by atoms with Crippen molar-refractivity contribution >= 4 is 24.4 Å². The van der Waals surface area contributed by atoms with Crippen LogP contribution in [0, 0.1) is 0 Å². The highest BCUT2D eigenvalue weighted by atomic mass is 31.2. The van der Waals surface area contributed by atoms with E-state index in [0.29, 0.717) is 12.2 Å². The lowest BCUT2D eigenvalue weighted by atomic mass is 10.3. The molecule has 0 spiro atoms. The van der Waals surface area contributed by atoms with Gasteiger partial charge >= 0.3 is 7.60 Å². The number of anilines is 1. The van der Waals surface area contributed by atoms with Crippen LogP contribution in [-0.4, -0.2) is 43.3 Å². The molecule has 0 aromatic carbocycles. The van der Waals surface area contributed by atoms with Gasteiger partial charge in [-0.05, 0) is 19.9 Å². The largest absolute Gasteiger partial charge is 0.381 e. The summed E-state index contributed by atoms with van der Waals surface area (Å²) in [5.41, 5.74) is 2.38. The van der Waals surface area contributed by atoms with Crippen molar-refractivity contribution in [2.75, 3.05) is 18.3 Å². The lowest BCUT2D eigenvalue weighted by molar-refractivity contribution is 0.149. The summed E-state index contributed by atoms with van der Waals surface area (Å²) >= 11 is 0. The normalized spacial score (nSPS) is 12.2. The van der Waals surface area contributed by atoms with Crippen molar-refractivity contribution in [3.05, 3.63) is 18.6 Å². The van der Waals surface area contributed by atoms with Crippen LogP contribution in [0.3, 0.4) is 0 Å². The molecule has 2 aromatic rings. The van der Waals surface area contributed by atoms with Gasteiger partial charge in [-0.1, -0.05) is 0 Å². The Morgan fingerprint density at radius 3 is 2.86 bits per heavy atom. The molecule has 8 nitrogen and oxygen atoms in total. The lowest BCUT2D eigenvalue weighted by Gasteiger charge is -2.10. The smallest absolute Gasteiger partial charge is 0.350 e. The quantitative estimate of drug-likeness (QED) is 0.523. The average molecular weight is 314 g/mol.